The summed E-state index contributed by atoms with van der Waals surface area (Å²) in [7, 11) is 0. The van der Waals surface area contributed by atoms with Crippen molar-refractivity contribution in [3.8, 4) is 0 Å². The number of thiophene rings is 1. The molecule has 8 aromatic rings. The van der Waals surface area contributed by atoms with E-state index in [1.54, 1.807) is 0 Å². The molecule has 3 heterocycles. The van der Waals surface area contributed by atoms with E-state index in [0.717, 1.165) is 52.4 Å². The summed E-state index contributed by atoms with van der Waals surface area (Å²) < 4.78 is 48.3. The van der Waals surface area contributed by atoms with Crippen molar-refractivity contribution in [1.82, 2.24) is 0 Å². The molecule has 348 valence electrons. The lowest BCUT2D eigenvalue weighted by molar-refractivity contribution is 0.332. The van der Waals surface area contributed by atoms with Crippen LogP contribution in [0.1, 0.15) is 138 Å². The third-order valence-electron chi connectivity index (χ3n) is 15.4. The van der Waals surface area contributed by atoms with Crippen molar-refractivity contribution in [2.45, 2.75) is 130 Å². The maximum Gasteiger partial charge on any atom is 0.264 e. The third-order valence-corrected chi connectivity index (χ3v) is 16.7. The highest BCUT2D eigenvalue weighted by molar-refractivity contribution is 7.33. The van der Waals surface area contributed by atoms with Crippen molar-refractivity contribution in [3.63, 3.8) is 0 Å². The molecule has 0 fully saturated rings. The van der Waals surface area contributed by atoms with Crippen molar-refractivity contribution in [1.29, 1.82) is 0 Å². The summed E-state index contributed by atoms with van der Waals surface area (Å²) in [5.74, 6) is 0. The van der Waals surface area contributed by atoms with Crippen molar-refractivity contribution >= 4 is 95.0 Å². The van der Waals surface area contributed by atoms with E-state index < -0.39 is 6.04 Å². The Hall–Kier alpha value is -6.04. The van der Waals surface area contributed by atoms with Gasteiger partial charge in [0.2, 0.25) is 0 Å². The number of nitrogens with zero attached hydrogens (tertiary/aromatic N) is 3. The van der Waals surface area contributed by atoms with E-state index in [4.69, 9.17) is 4.11 Å². The van der Waals surface area contributed by atoms with Gasteiger partial charge in [0.05, 0.1) is 18.2 Å². The summed E-state index contributed by atoms with van der Waals surface area (Å²) in [6.07, 6.45) is 2.16. The molecule has 0 radical (unpaired) electrons. The number of fused-ring (bicyclic) bond motifs is 7. The molecule has 0 amide bonds. The Morgan fingerprint density at radius 1 is 0.536 bits per heavy atom. The summed E-state index contributed by atoms with van der Waals surface area (Å²) in [4.78, 5) is 6.84. The van der Waals surface area contributed by atoms with Gasteiger partial charge in [0.25, 0.3) is 6.71 Å². The van der Waals surface area contributed by atoms with Crippen LogP contribution in [0.5, 0.6) is 0 Å². The van der Waals surface area contributed by atoms with E-state index in [9.17, 15) is 2.74 Å². The van der Waals surface area contributed by atoms with E-state index in [-0.39, 0.29) is 63.6 Å². The van der Waals surface area contributed by atoms with Crippen molar-refractivity contribution in [2.24, 2.45) is 0 Å². The Labute approximate surface area is 424 Å². The molecule has 0 N–H and O–H groups in total. The van der Waals surface area contributed by atoms with Crippen LogP contribution in [0.15, 0.2) is 152 Å². The maximum atomic E-state index is 9.54. The number of benzene rings is 7. The molecule has 3 nitrogen and oxygen atoms in total. The van der Waals surface area contributed by atoms with Gasteiger partial charge in [0, 0.05) is 54.7 Å². The second-order valence-corrected chi connectivity index (χ2v) is 25.3. The van der Waals surface area contributed by atoms with Crippen LogP contribution in [0.4, 0.5) is 51.2 Å². The van der Waals surface area contributed by atoms with Crippen LogP contribution >= 0.6 is 11.3 Å². The fourth-order valence-corrected chi connectivity index (χ4v) is 12.5. The first-order chi connectivity index (χ1) is 34.7. The summed E-state index contributed by atoms with van der Waals surface area (Å²) >= 11 is 1.90. The Morgan fingerprint density at radius 3 is 1.62 bits per heavy atom. The number of anilines is 9. The van der Waals surface area contributed by atoms with Gasteiger partial charge in [-0.25, -0.2) is 0 Å². The van der Waals surface area contributed by atoms with Gasteiger partial charge < -0.3 is 14.7 Å². The zero-order chi connectivity index (χ0) is 52.9. The minimum Gasteiger partial charge on any atom is -0.311 e. The van der Waals surface area contributed by atoms with E-state index in [1.165, 1.54) is 48.1 Å². The molecule has 2 aliphatic heterocycles. The van der Waals surface area contributed by atoms with E-state index >= 15 is 0 Å². The van der Waals surface area contributed by atoms with E-state index in [0.29, 0.717) is 11.4 Å². The predicted octanol–water partition coefficient (Wildman–Crippen LogP) is 16.7. The first-order valence-electron chi connectivity index (χ1n) is 27.3. The average Bonchev–Trinajstić information content (AvgIpc) is 3.73. The lowest BCUT2D eigenvalue weighted by atomic mass is 9.35. The highest BCUT2D eigenvalue weighted by atomic mass is 32.1. The van der Waals surface area contributed by atoms with Gasteiger partial charge in [-0.15, -0.1) is 11.3 Å². The van der Waals surface area contributed by atoms with Gasteiger partial charge in [0.15, 0.2) is 0 Å². The Balaban J connectivity index is 1.34. The standard InChI is InChI=1S/C64H68BN3S/c1-60(2,3)41-24-29-46(30-25-41)67-53-40-51-50(63(10,11)34-35-64(51,12)13)39-52(53)65-57-54(67)37-48(66(44-20-16-14-17-21-44)45-22-18-15-19-23-45)38-55(57)68(47-31-26-42(27-32-47)61(4,5)6)58-49-36-43(62(7,8)9)28-33-56(49)69-59(58)65/h14-33,36-40H,34-35H2,1-13H3/i14D,16D,17D,20D,21D. The quantitative estimate of drug-likeness (QED) is 0.159. The molecule has 0 bridgehead atoms. The van der Waals surface area contributed by atoms with E-state index in [1.807, 2.05) is 46.6 Å². The summed E-state index contributed by atoms with van der Waals surface area (Å²) in [6, 6.07) is 42.8. The van der Waals surface area contributed by atoms with Gasteiger partial charge in [-0.3, -0.25) is 0 Å². The van der Waals surface area contributed by atoms with Gasteiger partial charge in [-0.2, -0.15) is 0 Å². The predicted molar refractivity (Wildman–Crippen MR) is 302 cm³/mol. The molecule has 1 aromatic heterocycles. The topological polar surface area (TPSA) is 9.72 Å². The van der Waals surface area contributed by atoms with Crippen LogP contribution in [-0.4, -0.2) is 6.71 Å². The van der Waals surface area contributed by atoms with Gasteiger partial charge >= 0.3 is 0 Å². The third kappa shape index (κ3) is 7.53. The number of hydrogen-bond donors (Lipinski definition) is 0. The number of hydrogen-bond acceptors (Lipinski definition) is 4. The van der Waals surface area contributed by atoms with Crippen LogP contribution in [0.2, 0.25) is 0 Å². The van der Waals surface area contributed by atoms with Crippen molar-refractivity contribution in [3.05, 3.63) is 179 Å². The summed E-state index contributed by atoms with van der Waals surface area (Å²) in [6.45, 7) is 29.9. The lowest BCUT2D eigenvalue weighted by Gasteiger charge is -2.47. The van der Waals surface area contributed by atoms with Crippen LogP contribution < -0.4 is 30.4 Å². The minimum absolute atomic E-state index is 0.0493. The average molecular weight is 927 g/mol. The number of para-hydroxylation sites is 2. The fourth-order valence-electron chi connectivity index (χ4n) is 11.2. The maximum absolute atomic E-state index is 9.54. The second kappa shape index (κ2) is 15.7. The molecule has 11 rings (SSSR count). The zero-order valence-electron chi connectivity index (χ0n) is 47.8. The molecular weight excluding hydrogens is 854 g/mol. The van der Waals surface area contributed by atoms with Crippen LogP contribution in [-0.2, 0) is 27.1 Å². The molecule has 7 aromatic carbocycles. The van der Waals surface area contributed by atoms with Crippen molar-refractivity contribution < 1.29 is 6.85 Å². The summed E-state index contributed by atoms with van der Waals surface area (Å²) in [5, 5.41) is 1.20. The van der Waals surface area contributed by atoms with Crippen LogP contribution in [0, 0.1) is 0 Å². The van der Waals surface area contributed by atoms with Gasteiger partial charge in [-0.05, 0) is 157 Å². The number of rotatable bonds is 5. The first-order valence-corrected chi connectivity index (χ1v) is 25.7. The molecule has 5 heteroatoms. The SMILES string of the molecule is [2H]c1c([2H])c([2H])c(N(c2ccccc2)c2cc3c4c(c2)N(c2ccc(C(C)(C)C)cc2)c2c(sc5ccc(C(C)(C)C)cc25)B4c2cc4c(cc2N3c2ccc(C(C)(C)C)cc2)C(C)(C)CCC4(C)C)c([2H])c1[2H]. The molecule has 0 saturated carbocycles. The smallest absolute Gasteiger partial charge is 0.264 e. The van der Waals surface area contributed by atoms with Crippen molar-refractivity contribution in [2.75, 3.05) is 14.7 Å². The Kier molecular flexibility index (Phi) is 9.07. The zero-order valence-corrected chi connectivity index (χ0v) is 43.6. The lowest BCUT2D eigenvalue weighted by Crippen LogP contribution is -2.61. The van der Waals surface area contributed by atoms with Gasteiger partial charge in [-0.1, -0.05) is 163 Å². The molecule has 69 heavy (non-hydrogen) atoms. The van der Waals surface area contributed by atoms with Crippen LogP contribution in [0.3, 0.4) is 0 Å². The Bertz CT molecular complexity index is 3550. The Morgan fingerprint density at radius 2 is 1.06 bits per heavy atom. The molecule has 0 unspecified atom stereocenters. The molecular formula is C64H68BN3S. The summed E-state index contributed by atoms with van der Waals surface area (Å²) in [5.41, 5.74) is 16.3. The van der Waals surface area contributed by atoms with E-state index in [2.05, 4.69) is 191 Å². The highest BCUT2D eigenvalue weighted by Crippen LogP contribution is 2.54. The molecule has 0 spiro atoms. The molecule has 3 aliphatic rings. The largest absolute Gasteiger partial charge is 0.311 e. The second-order valence-electron chi connectivity index (χ2n) is 24.2. The molecule has 0 atom stereocenters. The first kappa shape index (κ1) is 39.8. The normalized spacial score (nSPS) is 16.9. The highest BCUT2D eigenvalue weighted by Gasteiger charge is 2.48. The molecule has 0 saturated heterocycles. The fraction of sp³-hybridized carbons (Fsp3) is 0.312. The monoisotopic (exact) mass is 927 g/mol. The molecule has 1 aliphatic carbocycles. The van der Waals surface area contributed by atoms with Crippen LogP contribution in [0.25, 0.3) is 10.1 Å². The minimum atomic E-state index is -0.424. The van der Waals surface area contributed by atoms with Gasteiger partial charge in [0.1, 0.15) is 0 Å².